The number of aliphatic imine (C=N–C) groups is 1. The highest BCUT2D eigenvalue weighted by atomic mass is 17.2. The summed E-state index contributed by atoms with van der Waals surface area (Å²) in [7, 11) is 0. The van der Waals surface area contributed by atoms with E-state index in [2.05, 4.69) is 39.6 Å². The Kier molecular flexibility index (Phi) is 13.2. The summed E-state index contributed by atoms with van der Waals surface area (Å²) in [6.07, 6.45) is 8.39. The number of aliphatic hydroxyl groups is 5. The second-order valence-corrected chi connectivity index (χ2v) is 20.1. The number of fused-ring (bicyclic) bond motifs is 4. The maximum absolute atomic E-state index is 14.0. The smallest absolute Gasteiger partial charge is 0.220 e. The molecule has 1 saturated heterocycles. The number of carbonyl (C=O) groups is 1. The number of aryl methyl sites for hydroxylation is 1. The summed E-state index contributed by atoms with van der Waals surface area (Å²) in [5, 5.41) is 84.7. The van der Waals surface area contributed by atoms with Crippen LogP contribution in [0.1, 0.15) is 68.8 Å². The van der Waals surface area contributed by atoms with E-state index in [4.69, 9.17) is 18.9 Å². The molecule has 10 rings (SSSR count). The van der Waals surface area contributed by atoms with Crippen LogP contribution in [0.3, 0.4) is 0 Å². The number of aliphatic hydroxyl groups excluding tert-OH is 4. The lowest BCUT2D eigenvalue weighted by atomic mass is 9.66. The largest absolute Gasteiger partial charge is 0.508 e. The molecule has 372 valence electrons. The summed E-state index contributed by atoms with van der Waals surface area (Å²) in [5.41, 5.74) is -0.197. The molecule has 4 aromatic rings. The third-order valence-corrected chi connectivity index (χ3v) is 15.6. The predicted octanol–water partition coefficient (Wildman–Crippen LogP) is 4.02. The minimum atomic E-state index is -2.44. The highest BCUT2D eigenvalue weighted by Gasteiger charge is 2.57. The van der Waals surface area contributed by atoms with Gasteiger partial charge in [-0.15, -0.1) is 0 Å². The first-order valence-electron chi connectivity index (χ1n) is 24.5. The van der Waals surface area contributed by atoms with Crippen LogP contribution in [0.25, 0.3) is 21.7 Å². The molecular weight excluding hydrogens is 901 g/mol. The van der Waals surface area contributed by atoms with Crippen LogP contribution in [0.15, 0.2) is 92.4 Å². The van der Waals surface area contributed by atoms with Crippen molar-refractivity contribution in [3.8, 4) is 17.2 Å². The van der Waals surface area contributed by atoms with Crippen molar-refractivity contribution >= 4 is 39.6 Å². The topological polar surface area (TPSA) is 256 Å². The number of carbonyl (C=O) groups excluding carboxylic acids is 1. The Bertz CT molecular complexity index is 2850. The molecule has 17 heteroatoms. The third-order valence-electron chi connectivity index (χ3n) is 15.6. The Morgan fingerprint density at radius 1 is 1.03 bits per heavy atom. The number of benzene rings is 3. The molecule has 1 aromatic heterocycles. The van der Waals surface area contributed by atoms with Gasteiger partial charge in [0.25, 0.3) is 0 Å². The van der Waals surface area contributed by atoms with Gasteiger partial charge in [-0.05, 0) is 91.8 Å². The molecule has 4 aliphatic heterocycles. The van der Waals surface area contributed by atoms with Crippen molar-refractivity contribution in [3.63, 3.8) is 0 Å². The summed E-state index contributed by atoms with van der Waals surface area (Å²) >= 11 is 0. The van der Waals surface area contributed by atoms with E-state index in [9.17, 15) is 45.3 Å². The lowest BCUT2D eigenvalue weighted by molar-refractivity contribution is -0.376. The minimum Gasteiger partial charge on any atom is -0.508 e. The number of hydrogen-bond donors (Lipinski definition) is 9. The molecule has 0 radical (unpaired) electrons. The molecule has 0 bridgehead atoms. The standard InChI is InChI=1S/C53H62N4O13/c1-3-41-37-14-15-54-40(37)25-57(41)47-49-31(17-39-43(61)16-28(2)68-50(39)47)18-45(53(69-49)22-29(32-19-46(63)56-23-32)8-10-33(53)24-55-34-6-4-5-7-34)70-67-27-52(66,51(65)48(64)44(62)26-58)21-30-9-13-42(60)36-12-11-35(59)20-38(30)36/h8-17,20,25,29,32-34,41,44-45,48,51,55,58-60,62,64-66H,3-7,18-19,21-24,26-27H2,1-2H3,(H,56,63). The number of allylic oxidation sites excluding steroid dienone is 2. The molecule has 1 spiro atoms. The van der Waals surface area contributed by atoms with Crippen LogP contribution in [0.2, 0.25) is 0 Å². The van der Waals surface area contributed by atoms with Crippen molar-refractivity contribution in [2.75, 3.05) is 31.2 Å². The number of rotatable bonds is 16. The van der Waals surface area contributed by atoms with Gasteiger partial charge >= 0.3 is 0 Å². The van der Waals surface area contributed by atoms with Crippen molar-refractivity contribution < 1.29 is 59.5 Å². The van der Waals surface area contributed by atoms with Gasteiger partial charge in [-0.25, -0.2) is 9.78 Å². The highest BCUT2D eigenvalue weighted by molar-refractivity contribution is 5.97. The number of anilines is 1. The van der Waals surface area contributed by atoms with E-state index >= 15 is 0 Å². The van der Waals surface area contributed by atoms with E-state index in [0.29, 0.717) is 82.4 Å². The lowest BCUT2D eigenvalue weighted by Crippen LogP contribution is -2.62. The summed E-state index contributed by atoms with van der Waals surface area (Å²) < 4.78 is 14.2. The van der Waals surface area contributed by atoms with Gasteiger partial charge in [-0.3, -0.25) is 14.6 Å². The average Bonchev–Trinajstić information content (AvgIpc) is 4.18. The number of aromatic hydroxyl groups is 2. The van der Waals surface area contributed by atoms with Gasteiger partial charge in [0.1, 0.15) is 65.2 Å². The van der Waals surface area contributed by atoms with Crippen LogP contribution < -0.4 is 25.7 Å². The number of hydrogen-bond acceptors (Lipinski definition) is 16. The molecule has 10 atom stereocenters. The van der Waals surface area contributed by atoms with Gasteiger partial charge in [0.2, 0.25) is 5.91 Å². The molecular formula is C53H62N4O13. The van der Waals surface area contributed by atoms with Crippen molar-refractivity contribution in [3.05, 3.63) is 105 Å². The van der Waals surface area contributed by atoms with E-state index in [-0.39, 0.29) is 59.1 Å². The summed E-state index contributed by atoms with van der Waals surface area (Å²) in [5.74, 6) is 0.0676. The first-order valence-corrected chi connectivity index (χ1v) is 24.5. The SMILES string of the molecule is CCC1C2=CC=NC2=CN1c1c2c(cc3c(=O)cc(C)oc13)CC(OOCC(O)(Cc1ccc(O)c3ccc(O)cc13)C(O)C(O)C(O)CO)C1(CC(C3CNC(=O)C3)C=CC1CNC1CCCC1)O2. The Balaban J connectivity index is 1.09. The molecule has 1 saturated carbocycles. The monoisotopic (exact) mass is 962 g/mol. The molecule has 6 aliphatic rings. The summed E-state index contributed by atoms with van der Waals surface area (Å²) in [4.78, 5) is 46.2. The number of phenolic OH excluding ortho intramolecular Hbond substituents is 2. The highest BCUT2D eigenvalue weighted by Crippen LogP contribution is 2.54. The van der Waals surface area contributed by atoms with Crippen LogP contribution in [-0.2, 0) is 27.4 Å². The second kappa shape index (κ2) is 19.2. The average molecular weight is 963 g/mol. The zero-order chi connectivity index (χ0) is 49.1. The quantitative estimate of drug-likeness (QED) is 0.0437. The fourth-order valence-corrected chi connectivity index (χ4v) is 11.8. The van der Waals surface area contributed by atoms with Crippen LogP contribution in [0.4, 0.5) is 5.69 Å². The van der Waals surface area contributed by atoms with E-state index < -0.39 is 55.3 Å². The third kappa shape index (κ3) is 8.69. The number of amides is 1. The van der Waals surface area contributed by atoms with Crippen LogP contribution >= 0.6 is 0 Å². The Morgan fingerprint density at radius 2 is 1.84 bits per heavy atom. The van der Waals surface area contributed by atoms with Crippen molar-refractivity contribution in [1.82, 2.24) is 10.6 Å². The van der Waals surface area contributed by atoms with Crippen molar-refractivity contribution in [2.45, 2.75) is 119 Å². The van der Waals surface area contributed by atoms with Crippen molar-refractivity contribution in [2.24, 2.45) is 22.7 Å². The van der Waals surface area contributed by atoms with Crippen LogP contribution in [-0.4, -0.2) is 122 Å². The molecule has 17 nitrogen and oxygen atoms in total. The molecule has 10 unspecified atom stereocenters. The second-order valence-electron chi connectivity index (χ2n) is 20.1. The lowest BCUT2D eigenvalue weighted by Gasteiger charge is -2.52. The van der Waals surface area contributed by atoms with E-state index in [0.717, 1.165) is 37.0 Å². The molecule has 3 aromatic carbocycles. The Hall–Kier alpha value is -5.63. The maximum atomic E-state index is 14.0. The van der Waals surface area contributed by atoms with Crippen LogP contribution in [0, 0.1) is 24.7 Å². The van der Waals surface area contributed by atoms with Gasteiger partial charge in [0.05, 0.1) is 23.7 Å². The predicted molar refractivity (Wildman–Crippen MR) is 259 cm³/mol. The van der Waals surface area contributed by atoms with E-state index in [1.807, 2.05) is 12.3 Å². The molecule has 9 N–H and O–H groups in total. The van der Waals surface area contributed by atoms with Gasteiger partial charge in [0, 0.05) is 79.3 Å². The molecule has 1 amide bonds. The summed E-state index contributed by atoms with van der Waals surface area (Å²) in [6.45, 7) is 3.06. The molecule has 5 heterocycles. The fourth-order valence-electron chi connectivity index (χ4n) is 11.8. The Morgan fingerprint density at radius 3 is 2.60 bits per heavy atom. The summed E-state index contributed by atoms with van der Waals surface area (Å²) in [6, 6.07) is 10.5. The Labute approximate surface area is 404 Å². The van der Waals surface area contributed by atoms with E-state index in [1.54, 1.807) is 19.2 Å². The van der Waals surface area contributed by atoms with E-state index in [1.165, 1.54) is 36.4 Å². The molecule has 2 fully saturated rings. The minimum absolute atomic E-state index is 0.0409. The zero-order valence-corrected chi connectivity index (χ0v) is 39.3. The molecule has 70 heavy (non-hydrogen) atoms. The first-order chi connectivity index (χ1) is 33.7. The number of phenols is 2. The van der Waals surface area contributed by atoms with Crippen molar-refractivity contribution in [1.29, 1.82) is 0 Å². The maximum Gasteiger partial charge on any atom is 0.220 e. The number of nitrogens with one attached hydrogen (secondary N) is 2. The van der Waals surface area contributed by atoms with Gasteiger partial charge < -0.3 is 60.4 Å². The van der Waals surface area contributed by atoms with Crippen LogP contribution in [0.5, 0.6) is 17.2 Å². The first kappa shape index (κ1) is 48.0. The van der Waals surface area contributed by atoms with Gasteiger partial charge in [0.15, 0.2) is 16.8 Å². The van der Waals surface area contributed by atoms with Gasteiger partial charge in [-0.2, -0.15) is 0 Å². The molecule has 2 aliphatic carbocycles. The van der Waals surface area contributed by atoms with Gasteiger partial charge in [-0.1, -0.05) is 38.0 Å². The number of ether oxygens (including phenoxy) is 1. The normalized spacial score (nSPS) is 27.3. The number of nitrogens with zero attached hydrogens (tertiary/aromatic N) is 2. The zero-order valence-electron chi connectivity index (χ0n) is 39.3. The fraction of sp³-hybridized carbons (Fsp3) is 0.491.